The fourth-order valence-electron chi connectivity index (χ4n) is 2.55. The number of rotatable bonds is 5. The predicted molar refractivity (Wildman–Crippen MR) is 58.6 cm³/mol. The maximum Gasteiger partial charge on any atom is -0.00773 e. The van der Waals surface area contributed by atoms with Crippen molar-refractivity contribution in [3.8, 4) is 0 Å². The Balaban J connectivity index is 2.09. The molecule has 1 unspecified atom stereocenters. The van der Waals surface area contributed by atoms with Crippen molar-refractivity contribution in [1.29, 1.82) is 0 Å². The largest absolute Gasteiger partial charge is 0.330 e. The number of unbranched alkanes of at least 4 members (excludes halogenated alkanes) is 1. The van der Waals surface area contributed by atoms with Crippen LogP contribution in [0.1, 0.15) is 58.3 Å². The SMILES string of the molecule is CC(CCCCN)C1CCCCC1. The standard InChI is InChI=1S/C12H25N/c1-11(7-5-6-10-13)12-8-3-2-4-9-12/h11-12H,2-10,13H2,1H3. The lowest BCUT2D eigenvalue weighted by atomic mass is 9.79. The van der Waals surface area contributed by atoms with E-state index in [1.807, 2.05) is 0 Å². The quantitative estimate of drug-likeness (QED) is 0.650. The summed E-state index contributed by atoms with van der Waals surface area (Å²) in [7, 11) is 0. The fraction of sp³-hybridized carbons (Fsp3) is 1.00. The Morgan fingerprint density at radius 1 is 1.15 bits per heavy atom. The summed E-state index contributed by atoms with van der Waals surface area (Å²) in [6, 6.07) is 0. The van der Waals surface area contributed by atoms with Gasteiger partial charge in [0.2, 0.25) is 0 Å². The fourth-order valence-corrected chi connectivity index (χ4v) is 2.55. The highest BCUT2D eigenvalue weighted by atomic mass is 14.5. The maximum atomic E-state index is 5.49. The summed E-state index contributed by atoms with van der Waals surface area (Å²) in [4.78, 5) is 0. The van der Waals surface area contributed by atoms with Crippen molar-refractivity contribution in [2.24, 2.45) is 17.6 Å². The van der Waals surface area contributed by atoms with E-state index < -0.39 is 0 Å². The zero-order chi connectivity index (χ0) is 9.52. The summed E-state index contributed by atoms with van der Waals surface area (Å²) in [5.41, 5.74) is 5.49. The molecule has 0 aliphatic heterocycles. The summed E-state index contributed by atoms with van der Waals surface area (Å²) in [6.45, 7) is 3.31. The first-order valence-electron chi connectivity index (χ1n) is 6.04. The topological polar surface area (TPSA) is 26.0 Å². The average molecular weight is 183 g/mol. The molecule has 0 spiro atoms. The minimum absolute atomic E-state index is 0.872. The van der Waals surface area contributed by atoms with Crippen LogP contribution in [-0.4, -0.2) is 6.54 Å². The van der Waals surface area contributed by atoms with Crippen LogP contribution in [0, 0.1) is 11.8 Å². The van der Waals surface area contributed by atoms with Crippen molar-refractivity contribution < 1.29 is 0 Å². The Morgan fingerprint density at radius 3 is 2.46 bits per heavy atom. The minimum atomic E-state index is 0.872. The monoisotopic (exact) mass is 183 g/mol. The molecule has 0 amide bonds. The zero-order valence-electron chi connectivity index (χ0n) is 9.10. The number of hydrogen-bond donors (Lipinski definition) is 1. The van der Waals surface area contributed by atoms with Gasteiger partial charge in [0.25, 0.3) is 0 Å². The van der Waals surface area contributed by atoms with E-state index in [4.69, 9.17) is 5.73 Å². The summed E-state index contributed by atoms with van der Waals surface area (Å²) < 4.78 is 0. The van der Waals surface area contributed by atoms with Gasteiger partial charge in [0.15, 0.2) is 0 Å². The first kappa shape index (κ1) is 11.0. The number of nitrogens with two attached hydrogens (primary N) is 1. The van der Waals surface area contributed by atoms with Gasteiger partial charge < -0.3 is 5.73 Å². The molecule has 0 aromatic rings. The van der Waals surface area contributed by atoms with Crippen molar-refractivity contribution in [2.45, 2.75) is 58.3 Å². The van der Waals surface area contributed by atoms with Gasteiger partial charge in [-0.05, 0) is 24.8 Å². The van der Waals surface area contributed by atoms with Crippen LogP contribution in [0.2, 0.25) is 0 Å². The van der Waals surface area contributed by atoms with Gasteiger partial charge in [0.05, 0.1) is 0 Å². The average Bonchev–Trinajstić information content (AvgIpc) is 2.19. The van der Waals surface area contributed by atoms with E-state index in [1.54, 1.807) is 0 Å². The number of hydrogen-bond acceptors (Lipinski definition) is 1. The van der Waals surface area contributed by atoms with Crippen LogP contribution in [0.3, 0.4) is 0 Å². The molecule has 1 heteroatoms. The van der Waals surface area contributed by atoms with E-state index >= 15 is 0 Å². The molecule has 1 rings (SSSR count). The first-order chi connectivity index (χ1) is 6.34. The van der Waals surface area contributed by atoms with Crippen LogP contribution in [0.25, 0.3) is 0 Å². The van der Waals surface area contributed by atoms with E-state index in [2.05, 4.69) is 6.92 Å². The van der Waals surface area contributed by atoms with Crippen molar-refractivity contribution in [2.75, 3.05) is 6.54 Å². The molecule has 78 valence electrons. The lowest BCUT2D eigenvalue weighted by Gasteiger charge is -2.27. The normalized spacial score (nSPS) is 21.7. The van der Waals surface area contributed by atoms with Gasteiger partial charge in [-0.2, -0.15) is 0 Å². The molecule has 0 radical (unpaired) electrons. The first-order valence-corrected chi connectivity index (χ1v) is 6.04. The Morgan fingerprint density at radius 2 is 1.85 bits per heavy atom. The van der Waals surface area contributed by atoms with Crippen LogP contribution in [0.15, 0.2) is 0 Å². The van der Waals surface area contributed by atoms with Crippen molar-refractivity contribution in [3.63, 3.8) is 0 Å². The molecular weight excluding hydrogens is 158 g/mol. The lowest BCUT2D eigenvalue weighted by Crippen LogP contribution is -2.15. The highest BCUT2D eigenvalue weighted by Gasteiger charge is 2.19. The van der Waals surface area contributed by atoms with E-state index in [0.29, 0.717) is 0 Å². The molecule has 1 aliphatic carbocycles. The van der Waals surface area contributed by atoms with Gasteiger partial charge in [-0.15, -0.1) is 0 Å². The third kappa shape index (κ3) is 4.12. The lowest BCUT2D eigenvalue weighted by molar-refractivity contribution is 0.248. The van der Waals surface area contributed by atoms with E-state index in [-0.39, 0.29) is 0 Å². The van der Waals surface area contributed by atoms with Gasteiger partial charge in [-0.1, -0.05) is 51.9 Å². The van der Waals surface area contributed by atoms with E-state index in [1.165, 1.54) is 51.4 Å². The molecule has 1 nitrogen and oxygen atoms in total. The molecular formula is C12H25N. The van der Waals surface area contributed by atoms with Crippen molar-refractivity contribution in [1.82, 2.24) is 0 Å². The second kappa shape index (κ2) is 6.42. The maximum absolute atomic E-state index is 5.49. The smallest absolute Gasteiger partial charge is 0.00773 e. The third-order valence-corrected chi connectivity index (χ3v) is 3.57. The highest BCUT2D eigenvalue weighted by Crippen LogP contribution is 2.32. The second-order valence-corrected chi connectivity index (χ2v) is 4.66. The van der Waals surface area contributed by atoms with Crippen LogP contribution < -0.4 is 5.73 Å². The molecule has 1 atom stereocenters. The van der Waals surface area contributed by atoms with Crippen LogP contribution in [0.5, 0.6) is 0 Å². The van der Waals surface area contributed by atoms with Gasteiger partial charge in [-0.3, -0.25) is 0 Å². The van der Waals surface area contributed by atoms with E-state index in [0.717, 1.165) is 18.4 Å². The molecule has 13 heavy (non-hydrogen) atoms. The minimum Gasteiger partial charge on any atom is -0.330 e. The Hall–Kier alpha value is -0.0400. The molecule has 0 saturated heterocycles. The van der Waals surface area contributed by atoms with E-state index in [9.17, 15) is 0 Å². The summed E-state index contributed by atoms with van der Waals surface area (Å²) in [5.74, 6) is 1.98. The van der Waals surface area contributed by atoms with Gasteiger partial charge in [0, 0.05) is 0 Å². The van der Waals surface area contributed by atoms with Crippen LogP contribution in [0.4, 0.5) is 0 Å². The van der Waals surface area contributed by atoms with Crippen molar-refractivity contribution in [3.05, 3.63) is 0 Å². The second-order valence-electron chi connectivity index (χ2n) is 4.66. The Labute approximate surface area is 83.1 Å². The molecule has 0 aromatic carbocycles. The van der Waals surface area contributed by atoms with Crippen LogP contribution in [-0.2, 0) is 0 Å². The molecule has 0 bridgehead atoms. The highest BCUT2D eigenvalue weighted by molar-refractivity contribution is 4.71. The molecule has 1 aliphatic rings. The summed E-state index contributed by atoms with van der Waals surface area (Å²) in [5, 5.41) is 0. The third-order valence-electron chi connectivity index (χ3n) is 3.57. The van der Waals surface area contributed by atoms with Gasteiger partial charge in [0.1, 0.15) is 0 Å². The van der Waals surface area contributed by atoms with Gasteiger partial charge in [-0.25, -0.2) is 0 Å². The Kier molecular flexibility index (Phi) is 5.45. The zero-order valence-corrected chi connectivity index (χ0v) is 9.10. The Bertz CT molecular complexity index is 116. The van der Waals surface area contributed by atoms with Crippen molar-refractivity contribution >= 4 is 0 Å². The molecule has 0 heterocycles. The predicted octanol–water partition coefficient (Wildman–Crippen LogP) is 3.33. The van der Waals surface area contributed by atoms with Gasteiger partial charge >= 0.3 is 0 Å². The molecule has 2 N–H and O–H groups in total. The molecule has 1 saturated carbocycles. The summed E-state index contributed by atoms with van der Waals surface area (Å²) in [6.07, 6.45) is 11.4. The molecule has 0 aromatic heterocycles. The van der Waals surface area contributed by atoms with Crippen LogP contribution >= 0.6 is 0 Å². The summed E-state index contributed by atoms with van der Waals surface area (Å²) >= 11 is 0. The molecule has 1 fully saturated rings.